The third kappa shape index (κ3) is 4.52. The van der Waals surface area contributed by atoms with E-state index in [1.54, 1.807) is 53.8 Å². The van der Waals surface area contributed by atoms with Gasteiger partial charge in [-0.15, -0.1) is 0 Å². The van der Waals surface area contributed by atoms with Gasteiger partial charge in [-0.3, -0.25) is 4.79 Å². The smallest absolute Gasteiger partial charge is 0.331 e. The van der Waals surface area contributed by atoms with Crippen LogP contribution in [0.1, 0.15) is 27.6 Å². The zero-order chi connectivity index (χ0) is 17.5. The largest absolute Gasteiger partial charge is 0.446 e. The molecular weight excluding hydrogens is 332 g/mol. The van der Waals surface area contributed by atoms with Crippen molar-refractivity contribution in [3.63, 3.8) is 0 Å². The molecule has 0 unspecified atom stereocenters. The first-order chi connectivity index (χ1) is 12.2. The van der Waals surface area contributed by atoms with Gasteiger partial charge in [0, 0.05) is 17.2 Å². The number of Topliss-reactive ketones (excluding diaryl/α,β-unsaturated/α-hetero) is 1. The van der Waals surface area contributed by atoms with Crippen LogP contribution in [-0.4, -0.2) is 11.8 Å². The second-order valence-electron chi connectivity index (χ2n) is 5.35. The summed E-state index contributed by atoms with van der Waals surface area (Å²) in [6, 6.07) is 19.8. The molecule has 0 radical (unpaired) electrons. The molecule has 3 rings (SSSR count). The van der Waals surface area contributed by atoms with Crippen molar-refractivity contribution in [1.29, 1.82) is 0 Å². The molecule has 1 heterocycles. The van der Waals surface area contributed by atoms with Crippen molar-refractivity contribution in [3.8, 4) is 0 Å². The maximum Gasteiger partial charge on any atom is 0.331 e. The average molecular weight is 348 g/mol. The maximum absolute atomic E-state index is 12.8. The molecule has 0 aliphatic heterocycles. The molecule has 0 N–H and O–H groups in total. The Morgan fingerprint density at radius 3 is 2.24 bits per heavy atom. The second-order valence-corrected chi connectivity index (χ2v) is 6.13. The molecule has 0 spiro atoms. The van der Waals surface area contributed by atoms with E-state index in [0.29, 0.717) is 11.1 Å². The van der Waals surface area contributed by atoms with Crippen LogP contribution in [0.25, 0.3) is 6.08 Å². The molecule has 1 atom stereocenters. The number of thiophene rings is 1. The molecule has 0 aliphatic rings. The molecule has 1 aromatic heterocycles. The number of carbonyl (C=O) groups is 2. The summed E-state index contributed by atoms with van der Waals surface area (Å²) in [5.41, 5.74) is 2.08. The summed E-state index contributed by atoms with van der Waals surface area (Å²) in [6.45, 7) is 0. The molecule has 0 fully saturated rings. The van der Waals surface area contributed by atoms with E-state index in [2.05, 4.69) is 0 Å². The van der Waals surface area contributed by atoms with Gasteiger partial charge in [-0.2, -0.15) is 11.3 Å². The number of carbonyl (C=O) groups excluding carboxylic acids is 2. The number of ether oxygens (including phenoxy) is 1. The Morgan fingerprint density at radius 1 is 0.920 bits per heavy atom. The van der Waals surface area contributed by atoms with Crippen LogP contribution in [0.3, 0.4) is 0 Å². The van der Waals surface area contributed by atoms with Gasteiger partial charge in [0.2, 0.25) is 5.78 Å². The number of ketones is 1. The minimum absolute atomic E-state index is 0.246. The Kier molecular flexibility index (Phi) is 5.54. The lowest BCUT2D eigenvalue weighted by atomic mass is 10.00. The highest BCUT2D eigenvalue weighted by Crippen LogP contribution is 2.23. The minimum atomic E-state index is -0.969. The Bertz CT molecular complexity index is 853. The quantitative estimate of drug-likeness (QED) is 0.360. The van der Waals surface area contributed by atoms with Crippen molar-refractivity contribution in [1.82, 2.24) is 0 Å². The van der Waals surface area contributed by atoms with Crippen LogP contribution in [0.5, 0.6) is 0 Å². The van der Waals surface area contributed by atoms with E-state index in [9.17, 15) is 9.59 Å². The van der Waals surface area contributed by atoms with Gasteiger partial charge in [-0.25, -0.2) is 4.79 Å². The predicted octanol–water partition coefficient (Wildman–Crippen LogP) is 4.93. The highest BCUT2D eigenvalue weighted by Gasteiger charge is 2.25. The van der Waals surface area contributed by atoms with Crippen LogP contribution in [0.4, 0.5) is 0 Å². The summed E-state index contributed by atoms with van der Waals surface area (Å²) in [5.74, 6) is -0.798. The lowest BCUT2D eigenvalue weighted by molar-refractivity contribution is -0.141. The van der Waals surface area contributed by atoms with Gasteiger partial charge in [0.05, 0.1) is 0 Å². The van der Waals surface area contributed by atoms with E-state index in [4.69, 9.17) is 4.74 Å². The molecular formula is C21H16O3S. The van der Waals surface area contributed by atoms with Gasteiger partial charge in [0.25, 0.3) is 0 Å². The van der Waals surface area contributed by atoms with E-state index in [1.165, 1.54) is 6.08 Å². The van der Waals surface area contributed by atoms with Crippen molar-refractivity contribution in [3.05, 3.63) is 100 Å². The predicted molar refractivity (Wildman–Crippen MR) is 99.4 cm³/mol. The lowest BCUT2D eigenvalue weighted by Crippen LogP contribution is -2.19. The molecule has 2 aromatic carbocycles. The Balaban J connectivity index is 1.82. The number of esters is 1. The summed E-state index contributed by atoms with van der Waals surface area (Å²) >= 11 is 1.55. The summed E-state index contributed by atoms with van der Waals surface area (Å²) in [4.78, 5) is 25.0. The van der Waals surface area contributed by atoms with Crippen molar-refractivity contribution < 1.29 is 14.3 Å². The fraction of sp³-hybridized carbons (Fsp3) is 0.0476. The highest BCUT2D eigenvalue weighted by molar-refractivity contribution is 7.08. The van der Waals surface area contributed by atoms with Crippen molar-refractivity contribution >= 4 is 29.2 Å². The van der Waals surface area contributed by atoms with Crippen molar-refractivity contribution in [2.24, 2.45) is 0 Å². The van der Waals surface area contributed by atoms with E-state index in [-0.39, 0.29) is 5.78 Å². The third-order valence-electron chi connectivity index (χ3n) is 3.59. The first kappa shape index (κ1) is 16.9. The van der Waals surface area contributed by atoms with Gasteiger partial charge in [-0.05, 0) is 28.5 Å². The molecule has 0 saturated carbocycles. The van der Waals surface area contributed by atoms with Crippen molar-refractivity contribution in [2.45, 2.75) is 6.10 Å². The Hall–Kier alpha value is -2.98. The van der Waals surface area contributed by atoms with E-state index in [1.807, 2.05) is 41.1 Å². The van der Waals surface area contributed by atoms with Crippen LogP contribution in [0, 0.1) is 0 Å². The van der Waals surface area contributed by atoms with Crippen molar-refractivity contribution in [2.75, 3.05) is 0 Å². The fourth-order valence-electron chi connectivity index (χ4n) is 2.34. The van der Waals surface area contributed by atoms with E-state index < -0.39 is 12.1 Å². The fourth-order valence-corrected chi connectivity index (χ4v) is 2.97. The summed E-state index contributed by atoms with van der Waals surface area (Å²) in [6.07, 6.45) is 2.05. The van der Waals surface area contributed by atoms with Crippen LogP contribution in [0.2, 0.25) is 0 Å². The van der Waals surface area contributed by atoms with Crippen LogP contribution in [-0.2, 0) is 9.53 Å². The number of benzene rings is 2. The first-order valence-electron chi connectivity index (χ1n) is 7.79. The topological polar surface area (TPSA) is 43.4 Å². The second kappa shape index (κ2) is 8.22. The maximum atomic E-state index is 12.8. The molecule has 3 aromatic rings. The van der Waals surface area contributed by atoms with Gasteiger partial charge in [0.15, 0.2) is 6.10 Å². The SMILES string of the molecule is O=C(/C=C/c1ccsc1)O[C@H](C(=O)c1ccccc1)c1ccccc1. The van der Waals surface area contributed by atoms with Gasteiger partial charge < -0.3 is 4.74 Å². The standard InChI is InChI=1S/C21H16O3S/c22-19(12-11-16-13-14-25-15-16)24-21(18-9-5-2-6-10-18)20(23)17-7-3-1-4-8-17/h1-15,21H/b12-11+/t21-/m0/s1. The third-order valence-corrected chi connectivity index (χ3v) is 4.29. The first-order valence-corrected chi connectivity index (χ1v) is 8.73. The monoisotopic (exact) mass is 348 g/mol. The Labute approximate surface area is 150 Å². The molecule has 4 heteroatoms. The van der Waals surface area contributed by atoms with Crippen LogP contribution in [0.15, 0.2) is 83.6 Å². The number of hydrogen-bond acceptors (Lipinski definition) is 4. The van der Waals surface area contributed by atoms with E-state index in [0.717, 1.165) is 5.56 Å². The Morgan fingerprint density at radius 2 is 1.60 bits per heavy atom. The zero-order valence-electron chi connectivity index (χ0n) is 13.4. The average Bonchev–Trinajstić information content (AvgIpc) is 3.19. The van der Waals surface area contributed by atoms with Gasteiger partial charge >= 0.3 is 5.97 Å². The van der Waals surface area contributed by atoms with E-state index >= 15 is 0 Å². The lowest BCUT2D eigenvalue weighted by Gasteiger charge is -2.16. The summed E-state index contributed by atoms with van der Waals surface area (Å²) in [5, 5.41) is 3.85. The normalized spacial score (nSPS) is 12.0. The van der Waals surface area contributed by atoms with Gasteiger partial charge in [0.1, 0.15) is 0 Å². The minimum Gasteiger partial charge on any atom is -0.446 e. The van der Waals surface area contributed by atoms with Crippen LogP contribution < -0.4 is 0 Å². The summed E-state index contributed by atoms with van der Waals surface area (Å²) in [7, 11) is 0. The van der Waals surface area contributed by atoms with Gasteiger partial charge in [-0.1, -0.05) is 60.7 Å². The van der Waals surface area contributed by atoms with Crippen LogP contribution >= 0.6 is 11.3 Å². The molecule has 0 saturated heterocycles. The number of rotatable bonds is 6. The molecule has 0 aliphatic carbocycles. The molecule has 124 valence electrons. The zero-order valence-corrected chi connectivity index (χ0v) is 14.2. The summed E-state index contributed by atoms with van der Waals surface area (Å²) < 4.78 is 5.48. The molecule has 25 heavy (non-hydrogen) atoms. The molecule has 0 amide bonds. The highest BCUT2D eigenvalue weighted by atomic mass is 32.1. The number of hydrogen-bond donors (Lipinski definition) is 0. The molecule has 0 bridgehead atoms. The molecule has 3 nitrogen and oxygen atoms in total.